The fourth-order valence-electron chi connectivity index (χ4n) is 7.64. The van der Waals surface area contributed by atoms with E-state index in [4.69, 9.17) is 26.1 Å². The molecule has 1 fully saturated rings. The number of fused-ring (bicyclic) bond motifs is 4. The Bertz CT molecular complexity index is 2330. The fraction of sp³-hybridized carbons (Fsp3) is 0.405. The quantitative estimate of drug-likeness (QED) is 0.0544. The van der Waals surface area contributed by atoms with Crippen LogP contribution in [0.3, 0.4) is 0 Å². The first-order chi connectivity index (χ1) is 28.0. The van der Waals surface area contributed by atoms with Crippen molar-refractivity contribution in [1.82, 2.24) is 25.0 Å². The van der Waals surface area contributed by atoms with Gasteiger partial charge in [-0.2, -0.15) is 0 Å². The number of ketones is 1. The van der Waals surface area contributed by atoms with Crippen molar-refractivity contribution in [2.75, 3.05) is 13.7 Å². The standard InChI is InChI=1S/C42H43ClN6O8S/c1-23-35-36(25-12-14-26(43)15-13-25)44-30(22-34(52)56-3)38-47-46-24(2)48(38)42(35)58-37(23)32(50)11-9-7-5-4-6-8-10-20-57-27-16-17-28-29(21-27)41(55)49(40(28)54)31-18-19-33(51)45-39(31)53/h12-17,21,30-31H,4-11,18-20,22H2,1-3H3,(H,45,51,53)/t30-,31?/m0/s1. The van der Waals surface area contributed by atoms with Gasteiger partial charge in [0.1, 0.15) is 28.7 Å². The third-order valence-corrected chi connectivity index (χ3v) is 12.3. The number of aryl methyl sites for hydroxylation is 1. The number of nitrogens with zero attached hydrogens (tertiary/aromatic N) is 5. The van der Waals surface area contributed by atoms with Crippen molar-refractivity contribution in [3.05, 3.63) is 91.8 Å². The number of thiophene rings is 1. The first-order valence-electron chi connectivity index (χ1n) is 19.4. The SMILES string of the molecule is COC(=O)C[C@@H]1N=C(c2ccc(Cl)cc2)c2c(sc(C(=O)CCCCCCCCCOc3ccc4c(c3)C(=O)N(C3CCC(=O)NC3=O)C4=O)c2C)-n2c(C)nnc21. The van der Waals surface area contributed by atoms with Crippen LogP contribution in [-0.4, -0.2) is 80.5 Å². The van der Waals surface area contributed by atoms with Gasteiger partial charge in [-0.05, 0) is 69.0 Å². The van der Waals surface area contributed by atoms with Gasteiger partial charge in [-0.3, -0.25) is 48.5 Å². The zero-order valence-electron chi connectivity index (χ0n) is 32.5. The van der Waals surface area contributed by atoms with Crippen molar-refractivity contribution in [2.45, 2.75) is 96.6 Å². The summed E-state index contributed by atoms with van der Waals surface area (Å²) in [5, 5.41) is 12.3. The van der Waals surface area contributed by atoms with Gasteiger partial charge in [0.05, 0.1) is 41.9 Å². The number of methoxy groups -OCH3 is 1. The molecule has 2 aromatic carbocycles. The summed E-state index contributed by atoms with van der Waals surface area (Å²) >= 11 is 7.63. The third-order valence-electron chi connectivity index (χ3n) is 10.7. The predicted octanol–water partition coefficient (Wildman–Crippen LogP) is 6.84. The molecule has 2 aromatic heterocycles. The van der Waals surface area contributed by atoms with Gasteiger partial charge in [0, 0.05) is 29.0 Å². The molecular weight excluding hydrogens is 784 g/mol. The van der Waals surface area contributed by atoms with Gasteiger partial charge in [0.2, 0.25) is 11.8 Å². The number of carbonyl (C=O) groups excluding carboxylic acids is 6. The number of halogens is 1. The highest BCUT2D eigenvalue weighted by Gasteiger charge is 2.45. The number of unbranched alkanes of at least 4 members (excludes halogenated alkanes) is 6. The van der Waals surface area contributed by atoms with Crippen molar-refractivity contribution in [1.29, 1.82) is 0 Å². The van der Waals surface area contributed by atoms with Gasteiger partial charge >= 0.3 is 5.97 Å². The van der Waals surface area contributed by atoms with Crippen LogP contribution in [0.1, 0.15) is 135 Å². The van der Waals surface area contributed by atoms with E-state index >= 15 is 0 Å². The number of benzene rings is 2. The number of ether oxygens (including phenoxy) is 2. The molecule has 7 rings (SSSR count). The van der Waals surface area contributed by atoms with Gasteiger partial charge in [0.25, 0.3) is 11.8 Å². The van der Waals surface area contributed by atoms with Gasteiger partial charge in [-0.15, -0.1) is 21.5 Å². The summed E-state index contributed by atoms with van der Waals surface area (Å²) in [5.74, 6) is -0.904. The summed E-state index contributed by atoms with van der Waals surface area (Å²) < 4.78 is 12.8. The lowest BCUT2D eigenvalue weighted by atomic mass is 9.98. The van der Waals surface area contributed by atoms with E-state index < -0.39 is 41.7 Å². The van der Waals surface area contributed by atoms with E-state index in [1.54, 1.807) is 30.3 Å². The van der Waals surface area contributed by atoms with Gasteiger partial charge < -0.3 is 9.47 Å². The van der Waals surface area contributed by atoms with E-state index in [1.807, 2.05) is 30.5 Å². The molecule has 4 amide bonds. The Balaban J connectivity index is 0.890. The van der Waals surface area contributed by atoms with Crippen molar-refractivity contribution < 1.29 is 38.2 Å². The second kappa shape index (κ2) is 17.5. The molecule has 1 N–H and O–H groups in total. The number of hydrogen-bond donors (Lipinski definition) is 1. The topological polar surface area (TPSA) is 179 Å². The minimum absolute atomic E-state index is 0.0161. The Morgan fingerprint density at radius 1 is 0.914 bits per heavy atom. The Morgan fingerprint density at radius 3 is 2.34 bits per heavy atom. The number of nitrogens with one attached hydrogen (secondary N) is 1. The molecule has 16 heteroatoms. The van der Waals surface area contributed by atoms with Crippen LogP contribution in [0.15, 0.2) is 47.5 Å². The number of amides is 4. The Hall–Kier alpha value is -5.54. The predicted molar refractivity (Wildman–Crippen MR) is 215 cm³/mol. The van der Waals surface area contributed by atoms with Gasteiger partial charge in [0.15, 0.2) is 11.6 Å². The number of rotatable bonds is 16. The lowest BCUT2D eigenvalue weighted by molar-refractivity contribution is -0.141. The van der Waals surface area contributed by atoms with E-state index in [0.717, 1.165) is 71.5 Å². The average molecular weight is 827 g/mol. The molecule has 4 aromatic rings. The summed E-state index contributed by atoms with van der Waals surface area (Å²) in [6.45, 7) is 4.23. The number of carbonyl (C=O) groups is 6. The van der Waals surface area contributed by atoms with E-state index in [1.165, 1.54) is 18.4 Å². The van der Waals surface area contributed by atoms with Crippen LogP contribution in [-0.2, 0) is 19.1 Å². The summed E-state index contributed by atoms with van der Waals surface area (Å²) in [7, 11) is 1.34. The van der Waals surface area contributed by atoms with Crippen LogP contribution >= 0.6 is 22.9 Å². The molecule has 3 aliphatic rings. The first-order valence-corrected chi connectivity index (χ1v) is 20.6. The van der Waals surface area contributed by atoms with Crippen LogP contribution in [0.2, 0.25) is 5.02 Å². The maximum atomic E-state index is 13.7. The highest BCUT2D eigenvalue weighted by molar-refractivity contribution is 7.17. The second-order valence-electron chi connectivity index (χ2n) is 14.6. The number of Topliss-reactive ketones (excluding diaryl/α,β-unsaturated/α-hetero) is 1. The average Bonchev–Trinajstić information content (AvgIpc) is 3.80. The Labute approximate surface area is 344 Å². The van der Waals surface area contributed by atoms with Crippen molar-refractivity contribution in [3.63, 3.8) is 0 Å². The number of hydrogen-bond acceptors (Lipinski definition) is 12. The smallest absolute Gasteiger partial charge is 0.308 e. The van der Waals surface area contributed by atoms with Crippen LogP contribution < -0.4 is 10.1 Å². The molecule has 0 bridgehead atoms. The maximum Gasteiger partial charge on any atom is 0.308 e. The Kier molecular flexibility index (Phi) is 12.3. The van der Waals surface area contributed by atoms with E-state index in [0.29, 0.717) is 46.0 Å². The molecule has 5 heterocycles. The zero-order valence-corrected chi connectivity index (χ0v) is 34.0. The molecular formula is C42H43ClN6O8S. The number of aromatic nitrogens is 3. The van der Waals surface area contributed by atoms with Crippen LogP contribution in [0.4, 0.5) is 0 Å². The number of imide groups is 2. The molecule has 2 atom stereocenters. The molecule has 302 valence electrons. The van der Waals surface area contributed by atoms with Crippen LogP contribution in [0.5, 0.6) is 5.75 Å². The molecule has 14 nitrogen and oxygen atoms in total. The molecule has 0 radical (unpaired) electrons. The van der Waals surface area contributed by atoms with E-state index in [9.17, 15) is 28.8 Å². The lowest BCUT2D eigenvalue weighted by Crippen LogP contribution is -2.54. The molecule has 0 saturated carbocycles. The lowest BCUT2D eigenvalue weighted by Gasteiger charge is -2.27. The summed E-state index contributed by atoms with van der Waals surface area (Å²) in [4.78, 5) is 82.7. The van der Waals surface area contributed by atoms with Gasteiger partial charge in [-0.25, -0.2) is 0 Å². The summed E-state index contributed by atoms with van der Waals surface area (Å²) in [6, 6.07) is 10.4. The molecule has 3 aliphatic heterocycles. The van der Waals surface area contributed by atoms with Crippen LogP contribution in [0, 0.1) is 13.8 Å². The molecule has 58 heavy (non-hydrogen) atoms. The monoisotopic (exact) mass is 826 g/mol. The number of piperidine rings is 1. The molecule has 0 aliphatic carbocycles. The highest BCUT2D eigenvalue weighted by atomic mass is 35.5. The normalized spacial score (nSPS) is 17.3. The molecule has 1 unspecified atom stereocenters. The maximum absolute atomic E-state index is 13.7. The zero-order chi connectivity index (χ0) is 41.1. The van der Waals surface area contributed by atoms with E-state index in [2.05, 4.69) is 15.5 Å². The van der Waals surface area contributed by atoms with Crippen molar-refractivity contribution in [2.24, 2.45) is 4.99 Å². The minimum atomic E-state index is -1.01. The number of esters is 1. The largest absolute Gasteiger partial charge is 0.494 e. The second-order valence-corrected chi connectivity index (χ2v) is 16.0. The molecule has 0 spiro atoms. The summed E-state index contributed by atoms with van der Waals surface area (Å²) in [5.41, 5.74) is 3.51. The fourth-order valence-corrected chi connectivity index (χ4v) is 9.10. The van der Waals surface area contributed by atoms with E-state index in [-0.39, 0.29) is 36.2 Å². The Morgan fingerprint density at radius 2 is 1.62 bits per heavy atom. The minimum Gasteiger partial charge on any atom is -0.494 e. The van der Waals surface area contributed by atoms with Gasteiger partial charge in [-0.1, -0.05) is 55.8 Å². The first kappa shape index (κ1) is 40.6. The number of aliphatic imine (C=N–C) groups is 1. The highest BCUT2D eigenvalue weighted by Crippen LogP contribution is 2.41. The van der Waals surface area contributed by atoms with Crippen LogP contribution in [0.25, 0.3) is 5.00 Å². The third kappa shape index (κ3) is 8.23. The van der Waals surface area contributed by atoms with Crippen molar-refractivity contribution >= 4 is 64.0 Å². The summed E-state index contributed by atoms with van der Waals surface area (Å²) in [6.07, 6.45) is 7.05. The molecule has 1 saturated heterocycles. The van der Waals surface area contributed by atoms with Crippen molar-refractivity contribution in [3.8, 4) is 10.8 Å².